The molecule has 1 atom stereocenters. The minimum atomic E-state index is 0.502. The van der Waals surface area contributed by atoms with Crippen LogP contribution >= 0.6 is 11.8 Å². The lowest BCUT2D eigenvalue weighted by molar-refractivity contribution is 0.134. The van der Waals surface area contributed by atoms with Crippen molar-refractivity contribution in [2.75, 3.05) is 25.5 Å². The first kappa shape index (κ1) is 9.07. The topological polar surface area (TPSA) is 21.6 Å². The Morgan fingerprint density at radius 3 is 3.09 bits per heavy atom. The van der Waals surface area contributed by atoms with Crippen molar-refractivity contribution in [2.45, 2.75) is 13.8 Å². The van der Waals surface area contributed by atoms with E-state index in [-0.39, 0.29) is 0 Å². The van der Waals surface area contributed by atoms with Gasteiger partial charge in [-0.2, -0.15) is 0 Å². The molecule has 11 heavy (non-hydrogen) atoms. The van der Waals surface area contributed by atoms with Crippen LogP contribution in [0.4, 0.5) is 0 Å². The van der Waals surface area contributed by atoms with E-state index in [1.807, 2.05) is 18.7 Å². The van der Waals surface area contributed by atoms with Crippen LogP contribution in [-0.4, -0.2) is 30.6 Å². The van der Waals surface area contributed by atoms with E-state index in [1.54, 1.807) is 0 Å². The Morgan fingerprint density at radius 1 is 1.73 bits per heavy atom. The zero-order chi connectivity index (χ0) is 8.10. The van der Waals surface area contributed by atoms with E-state index in [9.17, 15) is 0 Å². The molecule has 0 radical (unpaired) electrons. The molecule has 3 heteroatoms. The zero-order valence-corrected chi connectivity index (χ0v) is 7.99. The molecule has 1 unspecified atom stereocenters. The summed E-state index contributed by atoms with van der Waals surface area (Å²) in [7, 11) is 0. The van der Waals surface area contributed by atoms with Gasteiger partial charge in [0.2, 0.25) is 0 Å². The van der Waals surface area contributed by atoms with Gasteiger partial charge in [0.15, 0.2) is 0 Å². The van der Waals surface area contributed by atoms with Crippen LogP contribution in [0, 0.1) is 5.92 Å². The van der Waals surface area contributed by atoms with E-state index in [4.69, 9.17) is 4.74 Å². The highest BCUT2D eigenvalue weighted by atomic mass is 32.2. The fourth-order valence-electron chi connectivity index (χ4n) is 1.02. The number of ether oxygens (including phenoxy) is 1. The maximum atomic E-state index is 5.31. The molecule has 2 nitrogen and oxygen atoms in total. The van der Waals surface area contributed by atoms with Crippen molar-refractivity contribution in [3.63, 3.8) is 0 Å². The molecular weight excluding hydrogens is 158 g/mol. The Labute approximate surface area is 72.4 Å². The monoisotopic (exact) mass is 173 g/mol. The normalized spacial score (nSPS) is 20.0. The van der Waals surface area contributed by atoms with Crippen LogP contribution in [0.3, 0.4) is 0 Å². The second-order valence-electron chi connectivity index (χ2n) is 2.63. The fraction of sp³-hybridized carbons (Fsp3) is 0.875. The number of hydrogen-bond acceptors (Lipinski definition) is 3. The molecule has 0 fully saturated rings. The van der Waals surface area contributed by atoms with E-state index in [1.165, 1.54) is 5.04 Å². The number of rotatable bonds is 4. The summed E-state index contributed by atoms with van der Waals surface area (Å²) in [4.78, 5) is 4.39. The maximum Gasteiger partial charge on any atom is 0.0728 e. The van der Waals surface area contributed by atoms with Crippen molar-refractivity contribution in [2.24, 2.45) is 10.9 Å². The molecule has 0 aromatic heterocycles. The van der Waals surface area contributed by atoms with E-state index >= 15 is 0 Å². The molecule has 0 N–H and O–H groups in total. The second kappa shape index (κ2) is 4.78. The van der Waals surface area contributed by atoms with Crippen LogP contribution in [0.1, 0.15) is 13.8 Å². The van der Waals surface area contributed by atoms with Gasteiger partial charge in [-0.25, -0.2) is 0 Å². The lowest BCUT2D eigenvalue weighted by Crippen LogP contribution is -2.12. The highest BCUT2D eigenvalue weighted by molar-refractivity contribution is 8.14. The second-order valence-corrected chi connectivity index (χ2v) is 3.74. The fourth-order valence-corrected chi connectivity index (χ4v) is 1.94. The Kier molecular flexibility index (Phi) is 3.94. The first-order valence-corrected chi connectivity index (χ1v) is 5.08. The summed E-state index contributed by atoms with van der Waals surface area (Å²) in [5.74, 6) is 1.66. The van der Waals surface area contributed by atoms with Crippen LogP contribution in [0.25, 0.3) is 0 Å². The lowest BCUT2D eigenvalue weighted by Gasteiger charge is -2.09. The third-order valence-electron chi connectivity index (χ3n) is 1.60. The Hall–Kier alpha value is -0.0200. The highest BCUT2D eigenvalue weighted by Gasteiger charge is 2.14. The predicted molar refractivity (Wildman–Crippen MR) is 50.4 cm³/mol. The average Bonchev–Trinajstić information content (AvgIpc) is 2.52. The van der Waals surface area contributed by atoms with Gasteiger partial charge in [0, 0.05) is 24.8 Å². The third kappa shape index (κ3) is 2.83. The minimum absolute atomic E-state index is 0.502. The summed E-state index contributed by atoms with van der Waals surface area (Å²) >= 11 is 1.87. The van der Waals surface area contributed by atoms with Crippen molar-refractivity contribution in [1.82, 2.24) is 0 Å². The SMILES string of the molecule is CCOCC(C)C1=NCCS1. The van der Waals surface area contributed by atoms with Gasteiger partial charge in [0.25, 0.3) is 0 Å². The van der Waals surface area contributed by atoms with E-state index in [2.05, 4.69) is 11.9 Å². The van der Waals surface area contributed by atoms with Crippen LogP contribution in [0.2, 0.25) is 0 Å². The van der Waals surface area contributed by atoms with Crippen molar-refractivity contribution in [3.8, 4) is 0 Å². The first-order valence-electron chi connectivity index (χ1n) is 4.09. The molecule has 1 aliphatic rings. The quantitative estimate of drug-likeness (QED) is 0.646. The Morgan fingerprint density at radius 2 is 2.55 bits per heavy atom. The summed E-state index contributed by atoms with van der Waals surface area (Å²) in [6, 6.07) is 0. The largest absolute Gasteiger partial charge is 0.381 e. The molecule has 1 heterocycles. The molecule has 1 rings (SSSR count). The molecule has 0 aromatic carbocycles. The minimum Gasteiger partial charge on any atom is -0.381 e. The highest BCUT2D eigenvalue weighted by Crippen LogP contribution is 2.18. The van der Waals surface area contributed by atoms with Crippen molar-refractivity contribution < 1.29 is 4.74 Å². The van der Waals surface area contributed by atoms with Crippen LogP contribution in [0.15, 0.2) is 4.99 Å². The van der Waals surface area contributed by atoms with Gasteiger partial charge in [0.1, 0.15) is 0 Å². The Balaban J connectivity index is 2.23. The van der Waals surface area contributed by atoms with Crippen molar-refractivity contribution in [1.29, 1.82) is 0 Å². The summed E-state index contributed by atoms with van der Waals surface area (Å²) in [5.41, 5.74) is 0. The number of thioether (sulfide) groups is 1. The smallest absolute Gasteiger partial charge is 0.0728 e. The Bertz CT molecular complexity index is 147. The first-order chi connectivity index (χ1) is 5.34. The standard InChI is InChI=1S/C8H15NOS/c1-3-10-6-7(2)8-9-4-5-11-8/h7H,3-6H2,1-2H3. The number of aliphatic imine (C=N–C) groups is 1. The molecule has 0 amide bonds. The van der Waals surface area contributed by atoms with Gasteiger partial charge in [-0.05, 0) is 6.92 Å². The molecule has 0 aliphatic carbocycles. The van der Waals surface area contributed by atoms with Crippen molar-refractivity contribution >= 4 is 16.8 Å². The molecule has 64 valence electrons. The van der Waals surface area contributed by atoms with Gasteiger partial charge in [-0.3, -0.25) is 4.99 Å². The number of nitrogens with zero attached hydrogens (tertiary/aromatic N) is 1. The summed E-state index contributed by atoms with van der Waals surface area (Å²) in [5, 5.41) is 1.28. The van der Waals surface area contributed by atoms with E-state index in [0.717, 1.165) is 25.5 Å². The zero-order valence-electron chi connectivity index (χ0n) is 7.17. The predicted octanol–water partition coefficient (Wildman–Crippen LogP) is 1.80. The lowest BCUT2D eigenvalue weighted by atomic mass is 10.2. The molecule has 0 saturated carbocycles. The molecule has 1 aliphatic heterocycles. The van der Waals surface area contributed by atoms with Crippen LogP contribution in [-0.2, 0) is 4.74 Å². The average molecular weight is 173 g/mol. The molecule has 0 saturated heterocycles. The van der Waals surface area contributed by atoms with Crippen LogP contribution in [0.5, 0.6) is 0 Å². The van der Waals surface area contributed by atoms with Gasteiger partial charge in [0.05, 0.1) is 11.7 Å². The van der Waals surface area contributed by atoms with Gasteiger partial charge in [-0.15, -0.1) is 11.8 Å². The summed E-state index contributed by atoms with van der Waals surface area (Å²) in [6.45, 7) is 6.82. The molecule has 0 spiro atoms. The van der Waals surface area contributed by atoms with Crippen molar-refractivity contribution in [3.05, 3.63) is 0 Å². The number of hydrogen-bond donors (Lipinski definition) is 0. The molecule has 0 aromatic rings. The molecular formula is C8H15NOS. The van der Waals surface area contributed by atoms with Gasteiger partial charge in [-0.1, -0.05) is 6.92 Å². The van der Waals surface area contributed by atoms with Gasteiger partial charge < -0.3 is 4.74 Å². The van der Waals surface area contributed by atoms with E-state index < -0.39 is 0 Å². The van der Waals surface area contributed by atoms with Gasteiger partial charge >= 0.3 is 0 Å². The maximum absolute atomic E-state index is 5.31. The molecule has 0 bridgehead atoms. The van der Waals surface area contributed by atoms with Crippen LogP contribution < -0.4 is 0 Å². The van der Waals surface area contributed by atoms with E-state index in [0.29, 0.717) is 5.92 Å². The summed E-state index contributed by atoms with van der Waals surface area (Å²) < 4.78 is 5.31. The summed E-state index contributed by atoms with van der Waals surface area (Å²) in [6.07, 6.45) is 0. The third-order valence-corrected chi connectivity index (χ3v) is 2.82.